The molecule has 2 aromatic heterocycles. The van der Waals surface area contributed by atoms with Crippen LogP contribution < -0.4 is 4.72 Å². The summed E-state index contributed by atoms with van der Waals surface area (Å²) in [6, 6.07) is 11.0. The predicted octanol–water partition coefficient (Wildman–Crippen LogP) is 2.92. The zero-order chi connectivity index (χ0) is 17.6. The van der Waals surface area contributed by atoms with Crippen LogP contribution in [0.4, 0.5) is 5.82 Å². The molecule has 0 radical (unpaired) electrons. The van der Waals surface area contributed by atoms with Crippen LogP contribution in [0.5, 0.6) is 0 Å². The molecule has 0 aliphatic rings. The highest BCUT2D eigenvalue weighted by Crippen LogP contribution is 2.29. The summed E-state index contributed by atoms with van der Waals surface area (Å²) in [6.45, 7) is 3.47. The van der Waals surface area contributed by atoms with Crippen molar-refractivity contribution in [2.45, 2.75) is 18.7 Å². The van der Waals surface area contributed by atoms with E-state index in [1.165, 1.54) is 0 Å². The summed E-state index contributed by atoms with van der Waals surface area (Å²) in [7, 11) is -3.83. The highest BCUT2D eigenvalue weighted by Gasteiger charge is 2.24. The Hall–Kier alpha value is -3.00. The van der Waals surface area contributed by atoms with Gasteiger partial charge in [0.05, 0.1) is 4.90 Å². The van der Waals surface area contributed by atoms with Crippen molar-refractivity contribution in [2.75, 3.05) is 4.72 Å². The van der Waals surface area contributed by atoms with Gasteiger partial charge < -0.3 is 0 Å². The average Bonchev–Trinajstić information content (AvgIpc) is 3.03. The molecule has 8 heteroatoms. The maximum Gasteiger partial charge on any atom is 0.263 e. The van der Waals surface area contributed by atoms with Crippen LogP contribution in [0.1, 0.15) is 11.1 Å². The maximum atomic E-state index is 13.0. The predicted molar refractivity (Wildman–Crippen MR) is 95.9 cm³/mol. The molecular formula is C17H15N5O2S. The van der Waals surface area contributed by atoms with Gasteiger partial charge in [0, 0.05) is 11.6 Å². The lowest BCUT2D eigenvalue weighted by atomic mass is 10.1. The monoisotopic (exact) mass is 353 g/mol. The van der Waals surface area contributed by atoms with Crippen molar-refractivity contribution in [3.8, 4) is 0 Å². The quantitative estimate of drug-likeness (QED) is 0.590. The molecule has 0 bridgehead atoms. The minimum atomic E-state index is -3.83. The molecular weight excluding hydrogens is 338 g/mol. The van der Waals surface area contributed by atoms with E-state index in [0.717, 1.165) is 10.8 Å². The SMILES string of the molecule is Cc1cc2n[nH]nc2c(C)c1S(=O)(=O)Nc1nccc2ccccc12. The maximum absolute atomic E-state index is 13.0. The van der Waals surface area contributed by atoms with E-state index in [1.807, 2.05) is 30.3 Å². The standard InChI is InChI=1S/C17H15N5O2S/c1-10-9-14-15(20-22-19-14)11(2)16(10)25(23,24)21-17-13-6-4-3-5-12(13)7-8-18-17/h3-9H,1-2H3,(H,18,21)(H,19,20,22). The zero-order valence-corrected chi connectivity index (χ0v) is 14.4. The third-order valence-corrected chi connectivity index (χ3v) is 5.78. The first kappa shape index (κ1) is 15.5. The summed E-state index contributed by atoms with van der Waals surface area (Å²) in [5.41, 5.74) is 2.33. The molecule has 0 saturated carbocycles. The second kappa shape index (κ2) is 5.52. The summed E-state index contributed by atoms with van der Waals surface area (Å²) >= 11 is 0. The van der Waals surface area contributed by atoms with Crippen molar-refractivity contribution in [1.29, 1.82) is 0 Å². The van der Waals surface area contributed by atoms with Crippen LogP contribution in [0, 0.1) is 13.8 Å². The van der Waals surface area contributed by atoms with Crippen LogP contribution in [0.2, 0.25) is 0 Å². The number of hydrogen-bond acceptors (Lipinski definition) is 5. The Morgan fingerprint density at radius 1 is 1.08 bits per heavy atom. The van der Waals surface area contributed by atoms with Crippen LogP contribution in [0.15, 0.2) is 47.5 Å². The van der Waals surface area contributed by atoms with Crippen molar-refractivity contribution in [1.82, 2.24) is 20.4 Å². The molecule has 0 unspecified atom stereocenters. The van der Waals surface area contributed by atoms with E-state index in [-0.39, 0.29) is 4.90 Å². The lowest BCUT2D eigenvalue weighted by Crippen LogP contribution is -2.17. The van der Waals surface area contributed by atoms with Crippen LogP contribution in [-0.2, 0) is 10.0 Å². The fraction of sp³-hybridized carbons (Fsp3) is 0.118. The summed E-state index contributed by atoms with van der Waals surface area (Å²) in [5.74, 6) is 0.303. The van der Waals surface area contributed by atoms with Crippen molar-refractivity contribution in [2.24, 2.45) is 0 Å². The molecule has 0 fully saturated rings. The Morgan fingerprint density at radius 2 is 1.88 bits per heavy atom. The lowest BCUT2D eigenvalue weighted by molar-refractivity contribution is 0.600. The normalized spacial score (nSPS) is 11.9. The van der Waals surface area contributed by atoms with Crippen LogP contribution in [-0.4, -0.2) is 28.8 Å². The fourth-order valence-corrected chi connectivity index (χ4v) is 4.58. The van der Waals surface area contributed by atoms with Crippen molar-refractivity contribution >= 4 is 37.6 Å². The van der Waals surface area contributed by atoms with E-state index in [0.29, 0.717) is 28.0 Å². The number of hydrogen-bond donors (Lipinski definition) is 2. The molecule has 4 aromatic rings. The van der Waals surface area contributed by atoms with Gasteiger partial charge in [0.1, 0.15) is 16.9 Å². The number of aryl methyl sites for hydroxylation is 2. The molecule has 0 spiro atoms. The Bertz CT molecular complexity index is 1210. The van der Waals surface area contributed by atoms with Gasteiger partial charge in [-0.2, -0.15) is 15.4 Å². The van der Waals surface area contributed by atoms with E-state index in [1.54, 1.807) is 26.1 Å². The lowest BCUT2D eigenvalue weighted by Gasteiger charge is -2.13. The van der Waals surface area contributed by atoms with Gasteiger partial charge in [-0.15, -0.1) is 0 Å². The minimum Gasteiger partial charge on any atom is -0.263 e. The molecule has 2 aromatic carbocycles. The van der Waals surface area contributed by atoms with E-state index < -0.39 is 10.0 Å². The summed E-state index contributed by atoms with van der Waals surface area (Å²) in [5, 5.41) is 12.3. The summed E-state index contributed by atoms with van der Waals surface area (Å²) < 4.78 is 28.7. The first-order valence-electron chi connectivity index (χ1n) is 7.64. The number of aromatic nitrogens is 4. The van der Waals surface area contributed by atoms with Gasteiger partial charge in [0.25, 0.3) is 10.0 Å². The third-order valence-electron chi connectivity index (χ3n) is 4.16. The van der Waals surface area contributed by atoms with Gasteiger partial charge in [-0.05, 0) is 42.5 Å². The molecule has 4 rings (SSSR count). The number of anilines is 1. The number of aromatic amines is 1. The highest BCUT2D eigenvalue weighted by molar-refractivity contribution is 7.92. The second-order valence-electron chi connectivity index (χ2n) is 5.83. The van der Waals surface area contributed by atoms with E-state index >= 15 is 0 Å². The Morgan fingerprint density at radius 3 is 2.72 bits per heavy atom. The third kappa shape index (κ3) is 2.51. The molecule has 2 heterocycles. The number of benzene rings is 2. The fourth-order valence-electron chi connectivity index (χ4n) is 3.08. The molecule has 0 aliphatic carbocycles. The van der Waals surface area contributed by atoms with E-state index in [4.69, 9.17) is 0 Å². The van der Waals surface area contributed by atoms with Gasteiger partial charge in [-0.25, -0.2) is 13.4 Å². The molecule has 0 aliphatic heterocycles. The largest absolute Gasteiger partial charge is 0.263 e. The smallest absolute Gasteiger partial charge is 0.263 e. The Kier molecular flexibility index (Phi) is 3.43. The molecule has 25 heavy (non-hydrogen) atoms. The average molecular weight is 353 g/mol. The first-order chi connectivity index (χ1) is 12.0. The van der Waals surface area contributed by atoms with Gasteiger partial charge >= 0.3 is 0 Å². The molecule has 0 amide bonds. The molecule has 2 N–H and O–H groups in total. The Labute approximate surface area is 144 Å². The van der Waals surface area contributed by atoms with Crippen molar-refractivity contribution in [3.63, 3.8) is 0 Å². The minimum absolute atomic E-state index is 0.198. The van der Waals surface area contributed by atoms with Gasteiger partial charge in [-0.1, -0.05) is 24.3 Å². The number of rotatable bonds is 3. The van der Waals surface area contributed by atoms with Crippen LogP contribution in [0.3, 0.4) is 0 Å². The number of nitrogens with zero attached hydrogens (tertiary/aromatic N) is 3. The highest BCUT2D eigenvalue weighted by atomic mass is 32.2. The van der Waals surface area contributed by atoms with Gasteiger partial charge in [-0.3, -0.25) is 4.72 Å². The summed E-state index contributed by atoms with van der Waals surface area (Å²) in [6.07, 6.45) is 1.58. The second-order valence-corrected chi connectivity index (χ2v) is 7.44. The number of sulfonamides is 1. The van der Waals surface area contributed by atoms with Gasteiger partial charge in [0.2, 0.25) is 0 Å². The topological polar surface area (TPSA) is 101 Å². The van der Waals surface area contributed by atoms with Gasteiger partial charge in [0.15, 0.2) is 0 Å². The van der Waals surface area contributed by atoms with Crippen molar-refractivity contribution in [3.05, 3.63) is 53.7 Å². The zero-order valence-electron chi connectivity index (χ0n) is 13.6. The first-order valence-corrected chi connectivity index (χ1v) is 9.13. The van der Waals surface area contributed by atoms with E-state index in [9.17, 15) is 8.42 Å². The molecule has 126 valence electrons. The van der Waals surface area contributed by atoms with Crippen LogP contribution >= 0.6 is 0 Å². The molecule has 0 saturated heterocycles. The molecule has 7 nitrogen and oxygen atoms in total. The van der Waals surface area contributed by atoms with E-state index in [2.05, 4.69) is 25.1 Å². The van der Waals surface area contributed by atoms with Crippen molar-refractivity contribution < 1.29 is 8.42 Å². The Balaban J connectivity index is 1.88. The number of nitrogens with one attached hydrogen (secondary N) is 2. The number of fused-ring (bicyclic) bond motifs is 2. The number of pyridine rings is 1. The number of H-pyrrole nitrogens is 1. The molecule has 0 atom stereocenters. The van der Waals surface area contributed by atoms with Crippen LogP contribution in [0.25, 0.3) is 21.8 Å². The summed E-state index contributed by atoms with van der Waals surface area (Å²) in [4.78, 5) is 4.40.